The van der Waals surface area contributed by atoms with Crippen molar-refractivity contribution in [1.29, 1.82) is 5.26 Å². The fourth-order valence-corrected chi connectivity index (χ4v) is 2.53. The summed E-state index contributed by atoms with van der Waals surface area (Å²) in [4.78, 5) is 2.29. The number of benzene rings is 1. The minimum absolute atomic E-state index is 0.225. The molecule has 0 radical (unpaired) electrons. The van der Waals surface area contributed by atoms with Gasteiger partial charge in [-0.25, -0.2) is 0 Å². The minimum atomic E-state index is 0.225. The average molecular weight is 230 g/mol. The van der Waals surface area contributed by atoms with E-state index in [0.717, 1.165) is 25.1 Å². The van der Waals surface area contributed by atoms with Crippen molar-refractivity contribution in [1.82, 2.24) is 4.90 Å². The first kappa shape index (κ1) is 12.1. The smallest absolute Gasteiger partial charge is 0.0991 e. The van der Waals surface area contributed by atoms with Gasteiger partial charge in [-0.3, -0.25) is 0 Å². The van der Waals surface area contributed by atoms with E-state index in [4.69, 9.17) is 10.00 Å². The topological polar surface area (TPSA) is 36.3 Å². The van der Waals surface area contributed by atoms with E-state index >= 15 is 0 Å². The molecule has 0 N–H and O–H groups in total. The number of methoxy groups -OCH3 is 1. The third kappa shape index (κ3) is 2.66. The molecule has 1 aliphatic heterocycles. The Labute approximate surface area is 103 Å². The van der Waals surface area contributed by atoms with E-state index in [-0.39, 0.29) is 6.10 Å². The molecule has 1 unspecified atom stereocenters. The van der Waals surface area contributed by atoms with Gasteiger partial charge in [0, 0.05) is 19.6 Å². The van der Waals surface area contributed by atoms with E-state index in [2.05, 4.69) is 24.1 Å². The van der Waals surface area contributed by atoms with Gasteiger partial charge in [-0.05, 0) is 37.7 Å². The number of ether oxygens (including phenoxy) is 1. The molecular formula is C14H18N2O. The molecule has 0 bridgehead atoms. The minimum Gasteiger partial charge on any atom is -0.379 e. The molecule has 0 amide bonds. The molecule has 1 aromatic rings. The van der Waals surface area contributed by atoms with Crippen LogP contribution in [0.15, 0.2) is 24.3 Å². The van der Waals surface area contributed by atoms with Crippen molar-refractivity contribution in [2.45, 2.75) is 18.4 Å². The van der Waals surface area contributed by atoms with Crippen LogP contribution in [0.5, 0.6) is 0 Å². The summed E-state index contributed by atoms with van der Waals surface area (Å²) < 4.78 is 5.58. The lowest BCUT2D eigenvalue weighted by Gasteiger charge is -2.36. The number of nitriles is 1. The largest absolute Gasteiger partial charge is 0.379 e. The Kier molecular flexibility index (Phi) is 3.78. The van der Waals surface area contributed by atoms with E-state index in [9.17, 15) is 0 Å². The zero-order chi connectivity index (χ0) is 12.3. The monoisotopic (exact) mass is 230 g/mol. The molecular weight excluding hydrogens is 212 g/mol. The van der Waals surface area contributed by atoms with Crippen LogP contribution in [0.3, 0.4) is 0 Å². The van der Waals surface area contributed by atoms with Gasteiger partial charge in [0.15, 0.2) is 0 Å². The Balaban J connectivity index is 2.22. The first-order chi connectivity index (χ1) is 8.24. The number of hydrogen-bond acceptors (Lipinski definition) is 3. The molecule has 90 valence electrons. The van der Waals surface area contributed by atoms with Crippen LogP contribution in [0.2, 0.25) is 0 Å². The van der Waals surface area contributed by atoms with Crippen LogP contribution in [0.25, 0.3) is 0 Å². The summed E-state index contributed by atoms with van der Waals surface area (Å²) in [5.74, 6) is 0.407. The maximum absolute atomic E-state index is 8.94. The molecule has 1 aliphatic rings. The van der Waals surface area contributed by atoms with Crippen LogP contribution in [-0.4, -0.2) is 38.3 Å². The van der Waals surface area contributed by atoms with Crippen molar-refractivity contribution < 1.29 is 4.74 Å². The highest BCUT2D eigenvalue weighted by atomic mass is 16.5. The van der Waals surface area contributed by atoms with Crippen LogP contribution in [-0.2, 0) is 4.74 Å². The van der Waals surface area contributed by atoms with E-state index in [0.29, 0.717) is 5.92 Å². The zero-order valence-electron chi connectivity index (χ0n) is 10.4. The Morgan fingerprint density at radius 1 is 1.47 bits per heavy atom. The van der Waals surface area contributed by atoms with E-state index in [1.54, 1.807) is 7.11 Å². The lowest BCUT2D eigenvalue weighted by molar-refractivity contribution is 0.0233. The number of likely N-dealkylation sites (tertiary alicyclic amines) is 1. The van der Waals surface area contributed by atoms with Gasteiger partial charge >= 0.3 is 0 Å². The van der Waals surface area contributed by atoms with Gasteiger partial charge in [-0.15, -0.1) is 0 Å². The first-order valence-corrected chi connectivity index (χ1v) is 5.96. The Morgan fingerprint density at radius 2 is 2.29 bits per heavy atom. The van der Waals surface area contributed by atoms with Gasteiger partial charge in [0.05, 0.1) is 17.7 Å². The van der Waals surface area contributed by atoms with E-state index in [1.807, 2.05) is 18.2 Å². The predicted octanol–water partition coefficient (Wildman–Crippen LogP) is 1.99. The average Bonchev–Trinajstić information content (AvgIpc) is 2.38. The fourth-order valence-electron chi connectivity index (χ4n) is 2.53. The highest BCUT2D eigenvalue weighted by Crippen LogP contribution is 2.29. The highest BCUT2D eigenvalue weighted by Gasteiger charge is 2.28. The molecule has 1 saturated heterocycles. The summed E-state index contributed by atoms with van der Waals surface area (Å²) >= 11 is 0. The van der Waals surface area contributed by atoms with Gasteiger partial charge < -0.3 is 9.64 Å². The molecule has 0 aliphatic carbocycles. The maximum Gasteiger partial charge on any atom is 0.0991 e. The van der Waals surface area contributed by atoms with Crippen molar-refractivity contribution in [3.05, 3.63) is 35.4 Å². The Morgan fingerprint density at radius 3 is 3.00 bits per heavy atom. The molecule has 1 aromatic carbocycles. The molecule has 0 spiro atoms. The molecule has 3 nitrogen and oxygen atoms in total. The highest BCUT2D eigenvalue weighted by molar-refractivity contribution is 5.35. The Bertz CT molecular complexity index is 424. The van der Waals surface area contributed by atoms with Gasteiger partial charge in [0.25, 0.3) is 0 Å². The van der Waals surface area contributed by atoms with Crippen molar-refractivity contribution in [2.24, 2.45) is 0 Å². The summed E-state index contributed by atoms with van der Waals surface area (Å²) in [6.45, 7) is 2.04. The van der Waals surface area contributed by atoms with Gasteiger partial charge in [0.2, 0.25) is 0 Å². The Hall–Kier alpha value is -1.37. The van der Waals surface area contributed by atoms with Crippen LogP contribution in [0, 0.1) is 11.3 Å². The third-order valence-electron chi connectivity index (χ3n) is 3.51. The summed E-state index contributed by atoms with van der Waals surface area (Å²) in [6, 6.07) is 10.1. The van der Waals surface area contributed by atoms with Gasteiger partial charge in [-0.1, -0.05) is 12.1 Å². The molecule has 3 heteroatoms. The van der Waals surface area contributed by atoms with Crippen LogP contribution in [0.1, 0.15) is 23.5 Å². The fraction of sp³-hybridized carbons (Fsp3) is 0.500. The quantitative estimate of drug-likeness (QED) is 0.779. The van der Waals surface area contributed by atoms with Crippen molar-refractivity contribution in [3.8, 4) is 6.07 Å². The summed E-state index contributed by atoms with van der Waals surface area (Å²) in [6.07, 6.45) is 1.31. The molecule has 0 saturated carbocycles. The number of likely N-dealkylation sites (N-methyl/N-ethyl adjacent to an activating group) is 1. The van der Waals surface area contributed by atoms with Crippen LogP contribution >= 0.6 is 0 Å². The SMILES string of the molecule is COC1CN(C)CC[C@@H]1c1cccc(C#N)c1. The molecule has 0 aromatic heterocycles. The second-order valence-electron chi connectivity index (χ2n) is 4.67. The number of piperidine rings is 1. The predicted molar refractivity (Wildman–Crippen MR) is 66.8 cm³/mol. The normalized spacial score (nSPS) is 25.5. The molecule has 1 fully saturated rings. The summed E-state index contributed by atoms with van der Waals surface area (Å²) in [5.41, 5.74) is 1.96. The zero-order valence-corrected chi connectivity index (χ0v) is 10.4. The molecule has 17 heavy (non-hydrogen) atoms. The first-order valence-electron chi connectivity index (χ1n) is 5.96. The molecule has 1 heterocycles. The molecule has 2 rings (SSSR count). The summed E-state index contributed by atoms with van der Waals surface area (Å²) in [7, 11) is 3.89. The van der Waals surface area contributed by atoms with Crippen LogP contribution in [0.4, 0.5) is 0 Å². The standard InChI is InChI=1S/C14H18N2O/c1-16-7-6-13(14(10-16)17-2)12-5-3-4-11(8-12)9-15/h3-5,8,13-14H,6-7,10H2,1-2H3/t13-,14?/m1/s1. The lowest BCUT2D eigenvalue weighted by atomic mass is 9.86. The third-order valence-corrected chi connectivity index (χ3v) is 3.51. The lowest BCUT2D eigenvalue weighted by Crippen LogP contribution is -2.41. The van der Waals surface area contributed by atoms with Crippen molar-refractivity contribution >= 4 is 0 Å². The van der Waals surface area contributed by atoms with E-state index < -0.39 is 0 Å². The number of nitrogens with zero attached hydrogens (tertiary/aromatic N) is 2. The maximum atomic E-state index is 8.94. The molecule has 2 atom stereocenters. The number of rotatable bonds is 2. The second-order valence-corrected chi connectivity index (χ2v) is 4.67. The number of hydrogen-bond donors (Lipinski definition) is 0. The second kappa shape index (κ2) is 5.31. The van der Waals surface area contributed by atoms with Crippen molar-refractivity contribution in [2.75, 3.05) is 27.2 Å². The van der Waals surface area contributed by atoms with E-state index in [1.165, 1.54) is 5.56 Å². The van der Waals surface area contributed by atoms with Crippen molar-refractivity contribution in [3.63, 3.8) is 0 Å². The van der Waals surface area contributed by atoms with Crippen LogP contribution < -0.4 is 0 Å². The van der Waals surface area contributed by atoms with Gasteiger partial charge in [0.1, 0.15) is 0 Å². The summed E-state index contributed by atoms with van der Waals surface area (Å²) in [5, 5.41) is 8.94. The van der Waals surface area contributed by atoms with Gasteiger partial charge in [-0.2, -0.15) is 5.26 Å².